The van der Waals surface area contributed by atoms with Gasteiger partial charge >= 0.3 is 0 Å². The Morgan fingerprint density at radius 2 is 2.14 bits per heavy atom. The molecule has 1 aromatic heterocycles. The lowest BCUT2D eigenvalue weighted by molar-refractivity contribution is -0.126. The first-order valence-electron chi connectivity index (χ1n) is 10.5. The van der Waals surface area contributed by atoms with Gasteiger partial charge in [0, 0.05) is 22.4 Å². The van der Waals surface area contributed by atoms with Gasteiger partial charge < -0.3 is 16.0 Å². The molecule has 1 aliphatic heterocycles. The van der Waals surface area contributed by atoms with Crippen LogP contribution in [0.15, 0.2) is 24.3 Å². The molecule has 3 N–H and O–H groups in total. The smallest absolute Gasteiger partial charge is 0.255 e. The molecule has 2 aromatic rings. The predicted octanol–water partition coefficient (Wildman–Crippen LogP) is 3.94. The molecule has 1 aromatic carbocycles. The van der Waals surface area contributed by atoms with E-state index in [1.165, 1.54) is 4.88 Å². The predicted molar refractivity (Wildman–Crippen MR) is 114 cm³/mol. The van der Waals surface area contributed by atoms with E-state index in [-0.39, 0.29) is 29.6 Å². The number of thiazole rings is 1. The van der Waals surface area contributed by atoms with E-state index in [2.05, 4.69) is 27.9 Å². The molecule has 6 rings (SSSR count). The summed E-state index contributed by atoms with van der Waals surface area (Å²) >= 11 is 1.55. The molecule has 4 atom stereocenters. The van der Waals surface area contributed by atoms with Crippen molar-refractivity contribution in [2.75, 3.05) is 10.6 Å². The number of benzene rings is 1. The van der Waals surface area contributed by atoms with Gasteiger partial charge in [-0.2, -0.15) is 0 Å². The highest BCUT2D eigenvalue weighted by molar-refractivity contribution is 7.15. The number of hydrogen-bond donors (Lipinski definition) is 3. The van der Waals surface area contributed by atoms with E-state index in [0.29, 0.717) is 10.7 Å². The fourth-order valence-corrected chi connectivity index (χ4v) is 6.38. The van der Waals surface area contributed by atoms with Gasteiger partial charge in [-0.25, -0.2) is 4.98 Å². The van der Waals surface area contributed by atoms with Gasteiger partial charge in [-0.1, -0.05) is 19.1 Å². The Kier molecular flexibility index (Phi) is 4.38. The first kappa shape index (κ1) is 18.6. The monoisotopic (exact) mass is 410 g/mol. The van der Waals surface area contributed by atoms with E-state index in [1.807, 2.05) is 31.2 Å². The zero-order valence-electron chi connectivity index (χ0n) is 16.7. The topological polar surface area (TPSA) is 83.1 Å². The van der Waals surface area contributed by atoms with Crippen LogP contribution in [0.3, 0.4) is 0 Å². The van der Waals surface area contributed by atoms with Crippen molar-refractivity contribution >= 4 is 34.0 Å². The van der Waals surface area contributed by atoms with Crippen molar-refractivity contribution in [3.63, 3.8) is 0 Å². The van der Waals surface area contributed by atoms with Crippen LogP contribution in [0, 0.1) is 24.7 Å². The Balaban J connectivity index is 1.34. The average molecular weight is 411 g/mol. The SMILES string of the molecule is CCc1nc(NC(=O)[C@H]2C[C@H]3CC[C@@H]2C[C@@]32NC(=O)c3ccccc3N2)sc1C. The number of aromatic nitrogens is 1. The van der Waals surface area contributed by atoms with Crippen LogP contribution in [0.5, 0.6) is 0 Å². The molecule has 0 unspecified atom stereocenters. The van der Waals surface area contributed by atoms with Crippen LogP contribution in [0.1, 0.15) is 53.5 Å². The first-order chi connectivity index (χ1) is 14.0. The molecule has 3 fully saturated rings. The second-order valence-corrected chi connectivity index (χ2v) is 9.74. The summed E-state index contributed by atoms with van der Waals surface area (Å²) in [6, 6.07) is 7.66. The number of nitrogens with one attached hydrogen (secondary N) is 3. The van der Waals surface area contributed by atoms with Gasteiger partial charge in [-0.15, -0.1) is 11.3 Å². The van der Waals surface area contributed by atoms with Gasteiger partial charge in [-0.05, 0) is 57.1 Å². The second-order valence-electron chi connectivity index (χ2n) is 8.54. The van der Waals surface area contributed by atoms with E-state index in [0.717, 1.165) is 43.5 Å². The highest BCUT2D eigenvalue weighted by Gasteiger charge is 2.55. The minimum absolute atomic E-state index is 0.0155. The largest absolute Gasteiger partial charge is 0.362 e. The van der Waals surface area contributed by atoms with Gasteiger partial charge in [0.25, 0.3) is 5.91 Å². The van der Waals surface area contributed by atoms with Crippen LogP contribution in [0.4, 0.5) is 10.8 Å². The van der Waals surface area contributed by atoms with Crippen LogP contribution in [-0.4, -0.2) is 22.5 Å². The summed E-state index contributed by atoms with van der Waals surface area (Å²) < 4.78 is 0. The summed E-state index contributed by atoms with van der Waals surface area (Å²) in [7, 11) is 0. The van der Waals surface area contributed by atoms with E-state index in [9.17, 15) is 9.59 Å². The van der Waals surface area contributed by atoms with Crippen molar-refractivity contribution in [3.05, 3.63) is 40.4 Å². The highest BCUT2D eigenvalue weighted by atomic mass is 32.1. The minimum atomic E-state index is -0.432. The lowest BCUT2D eigenvalue weighted by Crippen LogP contribution is -2.67. The lowest BCUT2D eigenvalue weighted by atomic mass is 9.58. The maximum absolute atomic E-state index is 13.0. The van der Waals surface area contributed by atoms with E-state index in [4.69, 9.17) is 0 Å². The molecule has 152 valence electrons. The minimum Gasteiger partial charge on any atom is -0.362 e. The lowest BCUT2D eigenvalue weighted by Gasteiger charge is -2.56. The van der Waals surface area contributed by atoms with Crippen LogP contribution in [0.25, 0.3) is 0 Å². The molecule has 2 bridgehead atoms. The van der Waals surface area contributed by atoms with Crippen molar-refractivity contribution in [2.24, 2.45) is 17.8 Å². The van der Waals surface area contributed by atoms with Gasteiger partial charge in [0.05, 0.1) is 11.3 Å². The molecule has 0 saturated heterocycles. The van der Waals surface area contributed by atoms with Crippen LogP contribution < -0.4 is 16.0 Å². The second kappa shape index (κ2) is 6.83. The fourth-order valence-electron chi connectivity index (χ4n) is 5.47. The Bertz CT molecular complexity index is 987. The Morgan fingerprint density at radius 3 is 2.86 bits per heavy atom. The summed E-state index contributed by atoms with van der Waals surface area (Å²) in [4.78, 5) is 31.5. The van der Waals surface area contributed by atoms with Crippen LogP contribution in [0.2, 0.25) is 0 Å². The third-order valence-corrected chi connectivity index (χ3v) is 7.86. The quantitative estimate of drug-likeness (QED) is 0.716. The average Bonchev–Trinajstić information content (AvgIpc) is 3.07. The number of carbonyl (C=O) groups is 2. The summed E-state index contributed by atoms with van der Waals surface area (Å²) in [5.41, 5.74) is 2.22. The highest BCUT2D eigenvalue weighted by Crippen LogP contribution is 2.52. The molecular weight excluding hydrogens is 384 g/mol. The summed E-state index contributed by atoms with van der Waals surface area (Å²) in [6.07, 6.45) is 4.51. The van der Waals surface area contributed by atoms with Crippen molar-refractivity contribution in [2.45, 2.75) is 51.6 Å². The van der Waals surface area contributed by atoms with Gasteiger partial charge in [0.2, 0.25) is 5.91 Å². The standard InChI is InChI=1S/C22H26N4O2S/c1-3-17-12(2)29-21(23-17)24-19(27)16-10-14-9-8-13(16)11-22(14)25-18-7-5-4-6-15(18)20(28)26-22/h4-7,13-14,16,25H,3,8-11H2,1-2H3,(H,26,28)(H,23,24,27)/t13-,14-,16+,22-/m1/s1. The summed E-state index contributed by atoms with van der Waals surface area (Å²) in [5, 5.41) is 10.7. The van der Waals surface area contributed by atoms with Crippen molar-refractivity contribution in [1.82, 2.24) is 10.3 Å². The maximum Gasteiger partial charge on any atom is 0.255 e. The van der Waals surface area contributed by atoms with E-state index >= 15 is 0 Å². The molecule has 0 radical (unpaired) electrons. The normalized spacial score (nSPS) is 29.9. The molecule has 3 aliphatic carbocycles. The molecule has 3 saturated carbocycles. The van der Waals surface area contributed by atoms with Gasteiger partial charge in [0.1, 0.15) is 5.66 Å². The number of para-hydroxylation sites is 1. The number of amides is 2. The maximum atomic E-state index is 13.0. The zero-order valence-corrected chi connectivity index (χ0v) is 17.6. The third kappa shape index (κ3) is 3.03. The van der Waals surface area contributed by atoms with Crippen LogP contribution >= 0.6 is 11.3 Å². The van der Waals surface area contributed by atoms with Crippen LogP contribution in [-0.2, 0) is 11.2 Å². The number of fused-ring (bicyclic) bond motifs is 3. The number of carbonyl (C=O) groups excluding carboxylic acids is 2. The van der Waals surface area contributed by atoms with E-state index < -0.39 is 5.66 Å². The third-order valence-electron chi connectivity index (χ3n) is 6.93. The number of anilines is 2. The Labute approximate surface area is 174 Å². The molecule has 2 heterocycles. The molecule has 7 heteroatoms. The first-order valence-corrected chi connectivity index (χ1v) is 11.3. The molecule has 6 nitrogen and oxygen atoms in total. The van der Waals surface area contributed by atoms with Crippen molar-refractivity contribution in [3.8, 4) is 0 Å². The number of hydrogen-bond acceptors (Lipinski definition) is 5. The number of aryl methyl sites for hydroxylation is 2. The number of rotatable bonds is 3. The molecule has 2 amide bonds. The van der Waals surface area contributed by atoms with E-state index in [1.54, 1.807) is 11.3 Å². The molecular formula is C22H26N4O2S. The Morgan fingerprint density at radius 1 is 1.31 bits per heavy atom. The van der Waals surface area contributed by atoms with Crippen molar-refractivity contribution < 1.29 is 9.59 Å². The summed E-state index contributed by atoms with van der Waals surface area (Å²) in [6.45, 7) is 4.13. The molecule has 4 aliphatic rings. The summed E-state index contributed by atoms with van der Waals surface area (Å²) in [5.74, 6) is 0.533. The molecule has 1 spiro atoms. The fraction of sp³-hybridized carbons (Fsp3) is 0.500. The van der Waals surface area contributed by atoms with Gasteiger partial charge in [-0.3, -0.25) is 9.59 Å². The molecule has 29 heavy (non-hydrogen) atoms. The number of nitrogens with zero attached hydrogens (tertiary/aromatic N) is 1. The zero-order chi connectivity index (χ0) is 20.2. The van der Waals surface area contributed by atoms with Gasteiger partial charge in [0.15, 0.2) is 5.13 Å². The Hall–Kier alpha value is -2.41. The van der Waals surface area contributed by atoms with Crippen molar-refractivity contribution in [1.29, 1.82) is 0 Å².